The van der Waals surface area contributed by atoms with E-state index in [1.807, 2.05) is 4.72 Å². The number of halogens is 2. The third-order valence-corrected chi connectivity index (χ3v) is 6.40. The molecule has 3 N–H and O–H groups in total. The lowest BCUT2D eigenvalue weighted by molar-refractivity contribution is 0.0963. The average molecular weight is 463 g/mol. The van der Waals surface area contributed by atoms with E-state index in [2.05, 4.69) is 20.5 Å². The van der Waals surface area contributed by atoms with Gasteiger partial charge in [-0.3, -0.25) is 19.4 Å². The summed E-state index contributed by atoms with van der Waals surface area (Å²) in [5.41, 5.74) is -0.883. The van der Waals surface area contributed by atoms with Gasteiger partial charge in [-0.1, -0.05) is 6.92 Å². The number of anilines is 2. The van der Waals surface area contributed by atoms with Crippen LogP contribution in [0, 0.1) is 17.6 Å². The number of ketones is 1. The number of pyridine rings is 1. The Morgan fingerprint density at radius 3 is 2.69 bits per heavy atom. The molecule has 1 saturated carbocycles. The first-order valence-electron chi connectivity index (χ1n) is 9.88. The Hall–Kier alpha value is -3.41. The summed E-state index contributed by atoms with van der Waals surface area (Å²) in [6, 6.07) is 3.14. The number of sulfonamides is 1. The van der Waals surface area contributed by atoms with E-state index in [4.69, 9.17) is 0 Å². The smallest absolute Gasteiger partial charge is 0.261 e. The summed E-state index contributed by atoms with van der Waals surface area (Å²) in [6.45, 7) is 1.63. The summed E-state index contributed by atoms with van der Waals surface area (Å²) in [5.74, 6) is -4.09. The number of hydrogen-bond donors (Lipinski definition) is 3. The van der Waals surface area contributed by atoms with Crippen molar-refractivity contribution in [1.82, 2.24) is 15.2 Å². The van der Waals surface area contributed by atoms with Gasteiger partial charge in [-0.05, 0) is 37.5 Å². The number of carbonyl (C=O) groups is 2. The Morgan fingerprint density at radius 1 is 1.25 bits per heavy atom. The lowest BCUT2D eigenvalue weighted by atomic mass is 10.1. The van der Waals surface area contributed by atoms with E-state index in [9.17, 15) is 26.8 Å². The van der Waals surface area contributed by atoms with Crippen molar-refractivity contribution in [3.8, 4) is 0 Å². The number of amides is 1. The summed E-state index contributed by atoms with van der Waals surface area (Å²) >= 11 is 0. The normalized spacial score (nSPS) is 13.8. The predicted molar refractivity (Wildman–Crippen MR) is 113 cm³/mol. The minimum atomic E-state index is -3.85. The molecule has 0 aliphatic heterocycles. The Bertz CT molecular complexity index is 1340. The second kappa shape index (κ2) is 8.26. The van der Waals surface area contributed by atoms with Crippen LogP contribution in [0.4, 0.5) is 20.2 Å². The lowest BCUT2D eigenvalue weighted by Crippen LogP contribution is -2.20. The van der Waals surface area contributed by atoms with E-state index in [1.54, 1.807) is 6.92 Å². The van der Waals surface area contributed by atoms with E-state index in [0.717, 1.165) is 25.0 Å². The molecule has 0 saturated heterocycles. The molecule has 1 aromatic carbocycles. The van der Waals surface area contributed by atoms with Gasteiger partial charge in [-0.15, -0.1) is 0 Å². The summed E-state index contributed by atoms with van der Waals surface area (Å²) in [4.78, 5) is 29.1. The highest BCUT2D eigenvalue weighted by molar-refractivity contribution is 7.92. The molecular formula is C20H19F2N5O4S. The maximum absolute atomic E-state index is 14.8. The standard InChI is InChI=1S/C20H19F2N5O4S/c1-2-7-32(30,31)27-14-6-5-13(21)15(16(14)22)20(29)24-11-8-12-17(18(28)10-3-4-10)25-26-19(12)23-9-11/h5-6,8-10,27H,2-4,7H2,1H3,(H,24,29)(H,23,25,26). The van der Waals surface area contributed by atoms with Crippen molar-refractivity contribution < 1.29 is 26.8 Å². The van der Waals surface area contributed by atoms with E-state index in [-0.39, 0.29) is 34.5 Å². The van der Waals surface area contributed by atoms with Crippen LogP contribution in [0.15, 0.2) is 24.4 Å². The molecule has 1 fully saturated rings. The molecule has 9 nitrogen and oxygen atoms in total. The number of nitrogens with zero attached hydrogens (tertiary/aromatic N) is 2. The van der Waals surface area contributed by atoms with Crippen LogP contribution < -0.4 is 10.0 Å². The molecule has 0 spiro atoms. The van der Waals surface area contributed by atoms with Gasteiger partial charge < -0.3 is 5.32 Å². The maximum Gasteiger partial charge on any atom is 0.261 e. The number of nitrogens with one attached hydrogen (secondary N) is 3. The van der Waals surface area contributed by atoms with Crippen molar-refractivity contribution in [1.29, 1.82) is 0 Å². The fourth-order valence-corrected chi connectivity index (χ4v) is 4.36. The summed E-state index contributed by atoms with van der Waals surface area (Å²) < 4.78 is 55.0. The van der Waals surface area contributed by atoms with Gasteiger partial charge in [-0.2, -0.15) is 5.10 Å². The van der Waals surface area contributed by atoms with Crippen LogP contribution in [0.3, 0.4) is 0 Å². The molecule has 32 heavy (non-hydrogen) atoms. The Kier molecular flexibility index (Phi) is 5.63. The minimum absolute atomic E-state index is 0.0701. The number of rotatable bonds is 8. The van der Waals surface area contributed by atoms with Gasteiger partial charge in [0.15, 0.2) is 17.2 Å². The molecule has 0 bridgehead atoms. The molecule has 0 unspecified atom stereocenters. The molecule has 1 aliphatic rings. The van der Waals surface area contributed by atoms with Crippen molar-refractivity contribution in [3.63, 3.8) is 0 Å². The molecular weight excluding hydrogens is 444 g/mol. The predicted octanol–water partition coefficient (Wildman–Crippen LogP) is 3.23. The Balaban J connectivity index is 1.62. The lowest BCUT2D eigenvalue weighted by Gasteiger charge is -2.12. The van der Waals surface area contributed by atoms with Crippen molar-refractivity contribution in [2.45, 2.75) is 26.2 Å². The summed E-state index contributed by atoms with van der Waals surface area (Å²) in [6.07, 6.45) is 3.11. The number of Topliss-reactive ketones (excluding diaryl/α,β-unsaturated/α-hetero) is 1. The highest BCUT2D eigenvalue weighted by Gasteiger charge is 2.33. The topological polar surface area (TPSA) is 134 Å². The van der Waals surface area contributed by atoms with Crippen LogP contribution in [0.2, 0.25) is 0 Å². The Morgan fingerprint density at radius 2 is 2.00 bits per heavy atom. The van der Waals surface area contributed by atoms with Gasteiger partial charge in [0.2, 0.25) is 10.0 Å². The first-order valence-corrected chi connectivity index (χ1v) is 11.5. The van der Waals surface area contributed by atoms with Crippen molar-refractivity contribution >= 4 is 44.1 Å². The van der Waals surface area contributed by atoms with Gasteiger partial charge in [0, 0.05) is 5.92 Å². The molecule has 3 aromatic rings. The summed E-state index contributed by atoms with van der Waals surface area (Å²) in [5, 5.41) is 9.32. The van der Waals surface area contributed by atoms with Crippen LogP contribution in [0.25, 0.3) is 11.0 Å². The minimum Gasteiger partial charge on any atom is -0.320 e. The van der Waals surface area contributed by atoms with E-state index in [1.165, 1.54) is 12.3 Å². The highest BCUT2D eigenvalue weighted by atomic mass is 32.2. The van der Waals surface area contributed by atoms with Crippen LogP contribution in [-0.2, 0) is 10.0 Å². The number of H-pyrrole nitrogens is 1. The zero-order chi connectivity index (χ0) is 23.0. The molecule has 1 aliphatic carbocycles. The molecule has 2 heterocycles. The van der Waals surface area contributed by atoms with Gasteiger partial charge in [0.1, 0.15) is 17.1 Å². The summed E-state index contributed by atoms with van der Waals surface area (Å²) in [7, 11) is -3.85. The third-order valence-electron chi connectivity index (χ3n) is 4.92. The van der Waals surface area contributed by atoms with Crippen LogP contribution in [-0.4, -0.2) is 41.0 Å². The number of aromatic amines is 1. The zero-order valence-electron chi connectivity index (χ0n) is 16.9. The fourth-order valence-electron chi connectivity index (χ4n) is 3.23. The zero-order valence-corrected chi connectivity index (χ0v) is 17.7. The van der Waals surface area contributed by atoms with Gasteiger partial charge >= 0.3 is 0 Å². The van der Waals surface area contributed by atoms with Crippen LogP contribution in [0.1, 0.15) is 47.0 Å². The number of carbonyl (C=O) groups excluding carboxylic acids is 2. The Labute approximate surface area is 181 Å². The molecule has 4 rings (SSSR count). The van der Waals surface area contributed by atoms with Gasteiger partial charge in [0.25, 0.3) is 5.91 Å². The largest absolute Gasteiger partial charge is 0.320 e. The maximum atomic E-state index is 14.8. The second-order valence-corrected chi connectivity index (χ2v) is 9.33. The van der Waals surface area contributed by atoms with Crippen molar-refractivity contribution in [3.05, 3.63) is 47.3 Å². The van der Waals surface area contributed by atoms with Crippen molar-refractivity contribution in [2.24, 2.45) is 5.92 Å². The number of fused-ring (bicyclic) bond motifs is 1. The monoisotopic (exact) mass is 463 g/mol. The molecule has 0 atom stereocenters. The highest BCUT2D eigenvalue weighted by Crippen LogP contribution is 2.34. The first-order chi connectivity index (χ1) is 15.2. The molecule has 12 heteroatoms. The van der Waals surface area contributed by atoms with E-state index in [0.29, 0.717) is 11.8 Å². The molecule has 1 amide bonds. The van der Waals surface area contributed by atoms with Crippen molar-refractivity contribution in [2.75, 3.05) is 15.8 Å². The quantitative estimate of drug-likeness (QED) is 0.439. The van der Waals surface area contributed by atoms with Crippen LogP contribution >= 0.6 is 0 Å². The SMILES string of the molecule is CCCS(=O)(=O)Nc1ccc(F)c(C(=O)Nc2cnc3n[nH]c(C(=O)C4CC4)c3c2)c1F. The molecule has 2 aromatic heterocycles. The second-order valence-electron chi connectivity index (χ2n) is 7.49. The number of hydrogen-bond acceptors (Lipinski definition) is 6. The van der Waals surface area contributed by atoms with Crippen LogP contribution in [0.5, 0.6) is 0 Å². The number of aromatic nitrogens is 3. The average Bonchev–Trinajstić information content (AvgIpc) is 3.49. The molecule has 168 valence electrons. The van der Waals surface area contributed by atoms with Gasteiger partial charge in [0.05, 0.1) is 28.7 Å². The third kappa shape index (κ3) is 4.31. The number of benzene rings is 1. The van der Waals surface area contributed by atoms with E-state index < -0.39 is 38.8 Å². The fraction of sp³-hybridized carbons (Fsp3) is 0.300. The first kappa shape index (κ1) is 21.8. The van der Waals surface area contributed by atoms with E-state index >= 15 is 0 Å². The molecule has 0 radical (unpaired) electrons. The van der Waals surface area contributed by atoms with Gasteiger partial charge in [-0.25, -0.2) is 22.2 Å².